The highest BCUT2D eigenvalue weighted by Crippen LogP contribution is 2.23. The molecule has 0 N–H and O–H groups in total. The lowest BCUT2D eigenvalue weighted by molar-refractivity contribution is 0.567. The number of aryl methyl sites for hydroxylation is 1. The summed E-state index contributed by atoms with van der Waals surface area (Å²) < 4.78 is 7.80. The SMILES string of the molecule is CCCn1c(-c2ccco2)csc1=Nc1cccc(C)c1C. The van der Waals surface area contributed by atoms with E-state index in [2.05, 4.69) is 48.9 Å². The Kier molecular flexibility index (Phi) is 4.29. The number of benzene rings is 1. The van der Waals surface area contributed by atoms with Crippen LogP contribution in [0.5, 0.6) is 0 Å². The van der Waals surface area contributed by atoms with Crippen LogP contribution in [-0.4, -0.2) is 4.57 Å². The number of aromatic nitrogens is 1. The van der Waals surface area contributed by atoms with Crippen molar-refractivity contribution >= 4 is 17.0 Å². The molecule has 0 bridgehead atoms. The van der Waals surface area contributed by atoms with Crippen LogP contribution in [0.4, 0.5) is 5.69 Å². The Morgan fingerprint density at radius 3 is 2.77 bits per heavy atom. The molecule has 0 amide bonds. The number of hydrogen-bond acceptors (Lipinski definition) is 3. The fraction of sp³-hybridized carbons (Fsp3) is 0.278. The molecule has 0 aliphatic rings. The number of nitrogens with zero attached hydrogens (tertiary/aromatic N) is 2. The molecule has 0 spiro atoms. The van der Waals surface area contributed by atoms with Crippen LogP contribution in [0.3, 0.4) is 0 Å². The second-order valence-electron chi connectivity index (χ2n) is 5.36. The Balaban J connectivity index is 2.15. The summed E-state index contributed by atoms with van der Waals surface area (Å²) in [4.78, 5) is 5.91. The zero-order chi connectivity index (χ0) is 15.5. The maximum absolute atomic E-state index is 5.56. The Bertz CT molecular complexity index is 825. The molecule has 3 nitrogen and oxygen atoms in total. The lowest BCUT2D eigenvalue weighted by Gasteiger charge is -2.06. The van der Waals surface area contributed by atoms with Crippen LogP contribution < -0.4 is 4.80 Å². The van der Waals surface area contributed by atoms with Gasteiger partial charge < -0.3 is 8.98 Å². The second-order valence-corrected chi connectivity index (χ2v) is 6.20. The molecule has 1 aromatic carbocycles. The third-order valence-electron chi connectivity index (χ3n) is 3.81. The van der Waals surface area contributed by atoms with E-state index in [-0.39, 0.29) is 0 Å². The summed E-state index contributed by atoms with van der Waals surface area (Å²) in [6, 6.07) is 10.2. The smallest absolute Gasteiger partial charge is 0.190 e. The van der Waals surface area contributed by atoms with E-state index in [9.17, 15) is 0 Å². The van der Waals surface area contributed by atoms with Gasteiger partial charge in [0.15, 0.2) is 10.6 Å². The van der Waals surface area contributed by atoms with Gasteiger partial charge in [0.25, 0.3) is 0 Å². The molecule has 0 saturated carbocycles. The van der Waals surface area contributed by atoms with Crippen LogP contribution in [0.2, 0.25) is 0 Å². The first-order valence-electron chi connectivity index (χ1n) is 7.54. The minimum Gasteiger partial charge on any atom is -0.463 e. The molecule has 0 radical (unpaired) electrons. The van der Waals surface area contributed by atoms with Gasteiger partial charge in [-0.2, -0.15) is 0 Å². The van der Waals surface area contributed by atoms with E-state index in [1.54, 1.807) is 17.6 Å². The normalized spacial score (nSPS) is 12.0. The molecule has 2 aromatic heterocycles. The van der Waals surface area contributed by atoms with Gasteiger partial charge in [0.2, 0.25) is 0 Å². The lowest BCUT2D eigenvalue weighted by Crippen LogP contribution is -2.15. The largest absolute Gasteiger partial charge is 0.463 e. The van der Waals surface area contributed by atoms with Gasteiger partial charge in [-0.3, -0.25) is 0 Å². The summed E-state index contributed by atoms with van der Waals surface area (Å²) in [5.41, 5.74) is 4.64. The van der Waals surface area contributed by atoms with Crippen LogP contribution in [-0.2, 0) is 6.54 Å². The van der Waals surface area contributed by atoms with Gasteiger partial charge >= 0.3 is 0 Å². The lowest BCUT2D eigenvalue weighted by atomic mass is 10.1. The van der Waals surface area contributed by atoms with Gasteiger partial charge in [-0.15, -0.1) is 11.3 Å². The van der Waals surface area contributed by atoms with Crippen LogP contribution in [0, 0.1) is 13.8 Å². The molecule has 0 aliphatic heterocycles. The van der Waals surface area contributed by atoms with Gasteiger partial charge in [0.1, 0.15) is 0 Å². The summed E-state index contributed by atoms with van der Waals surface area (Å²) >= 11 is 1.66. The maximum atomic E-state index is 5.56. The van der Waals surface area contributed by atoms with Gasteiger partial charge in [0.05, 0.1) is 17.6 Å². The summed E-state index contributed by atoms with van der Waals surface area (Å²) in [6.07, 6.45) is 2.77. The highest BCUT2D eigenvalue weighted by atomic mass is 32.1. The van der Waals surface area contributed by atoms with Crippen molar-refractivity contribution in [3.8, 4) is 11.5 Å². The average Bonchev–Trinajstić information content (AvgIpc) is 3.15. The summed E-state index contributed by atoms with van der Waals surface area (Å²) in [5.74, 6) is 0.895. The number of furan rings is 1. The minimum atomic E-state index is 0.895. The zero-order valence-corrected chi connectivity index (χ0v) is 14.0. The molecule has 0 aliphatic carbocycles. The summed E-state index contributed by atoms with van der Waals surface area (Å²) in [5, 5.41) is 2.12. The molecular formula is C18H20N2OS. The van der Waals surface area contributed by atoms with Gasteiger partial charge in [-0.1, -0.05) is 19.1 Å². The van der Waals surface area contributed by atoms with E-state index in [1.165, 1.54) is 11.1 Å². The first kappa shape index (κ1) is 14.9. The molecule has 2 heterocycles. The minimum absolute atomic E-state index is 0.895. The van der Waals surface area contributed by atoms with Crippen molar-refractivity contribution in [2.75, 3.05) is 0 Å². The Morgan fingerprint density at radius 2 is 2.05 bits per heavy atom. The molecule has 4 heteroatoms. The van der Waals surface area contributed by atoms with Crippen molar-refractivity contribution in [3.05, 3.63) is 57.9 Å². The molecular weight excluding hydrogens is 292 g/mol. The standard InChI is InChI=1S/C18H20N2OS/c1-4-10-20-16(17-9-6-11-21-17)12-22-18(20)19-15-8-5-7-13(2)14(15)3/h5-9,11-12H,4,10H2,1-3H3. The van der Waals surface area contributed by atoms with E-state index < -0.39 is 0 Å². The molecule has 0 atom stereocenters. The van der Waals surface area contributed by atoms with Gasteiger partial charge in [-0.25, -0.2) is 4.99 Å². The van der Waals surface area contributed by atoms with Crippen molar-refractivity contribution in [1.29, 1.82) is 0 Å². The van der Waals surface area contributed by atoms with E-state index in [1.807, 2.05) is 12.1 Å². The van der Waals surface area contributed by atoms with Crippen molar-refractivity contribution < 1.29 is 4.42 Å². The topological polar surface area (TPSA) is 30.4 Å². The van der Waals surface area contributed by atoms with Crippen LogP contribution in [0.1, 0.15) is 24.5 Å². The number of thiazole rings is 1. The Hall–Kier alpha value is -2.07. The van der Waals surface area contributed by atoms with Crippen molar-refractivity contribution in [2.24, 2.45) is 4.99 Å². The molecule has 0 saturated heterocycles. The second kappa shape index (κ2) is 6.36. The third-order valence-corrected chi connectivity index (χ3v) is 4.67. The highest BCUT2D eigenvalue weighted by molar-refractivity contribution is 7.07. The van der Waals surface area contributed by atoms with E-state index in [0.717, 1.165) is 34.9 Å². The summed E-state index contributed by atoms with van der Waals surface area (Å²) in [6.45, 7) is 7.36. The molecule has 114 valence electrons. The number of rotatable bonds is 4. The molecule has 0 fully saturated rings. The molecule has 22 heavy (non-hydrogen) atoms. The van der Waals surface area contributed by atoms with Crippen molar-refractivity contribution in [3.63, 3.8) is 0 Å². The van der Waals surface area contributed by atoms with Crippen molar-refractivity contribution in [2.45, 2.75) is 33.7 Å². The average molecular weight is 312 g/mol. The molecule has 0 unspecified atom stereocenters. The number of hydrogen-bond donors (Lipinski definition) is 0. The first-order chi connectivity index (χ1) is 10.7. The van der Waals surface area contributed by atoms with Crippen LogP contribution >= 0.6 is 11.3 Å². The first-order valence-corrected chi connectivity index (χ1v) is 8.42. The maximum Gasteiger partial charge on any atom is 0.190 e. The van der Waals surface area contributed by atoms with Gasteiger partial charge in [-0.05, 0) is 49.6 Å². The predicted octanol–water partition coefficient (Wildman–Crippen LogP) is 5.07. The third kappa shape index (κ3) is 2.79. The Labute approximate surface area is 134 Å². The van der Waals surface area contributed by atoms with E-state index in [4.69, 9.17) is 9.41 Å². The fourth-order valence-corrected chi connectivity index (χ4v) is 3.37. The Morgan fingerprint density at radius 1 is 1.18 bits per heavy atom. The quantitative estimate of drug-likeness (QED) is 0.661. The van der Waals surface area contributed by atoms with E-state index >= 15 is 0 Å². The van der Waals surface area contributed by atoms with Crippen LogP contribution in [0.25, 0.3) is 11.5 Å². The van der Waals surface area contributed by atoms with E-state index in [0.29, 0.717) is 0 Å². The molecule has 3 rings (SSSR count). The summed E-state index contributed by atoms with van der Waals surface area (Å²) in [7, 11) is 0. The highest BCUT2D eigenvalue weighted by Gasteiger charge is 2.10. The van der Waals surface area contributed by atoms with Crippen molar-refractivity contribution in [1.82, 2.24) is 4.57 Å². The monoisotopic (exact) mass is 312 g/mol. The zero-order valence-electron chi connectivity index (χ0n) is 13.2. The van der Waals surface area contributed by atoms with Crippen LogP contribution in [0.15, 0.2) is 51.4 Å². The van der Waals surface area contributed by atoms with Gasteiger partial charge in [0, 0.05) is 11.9 Å². The fourth-order valence-electron chi connectivity index (χ4n) is 2.44. The predicted molar refractivity (Wildman–Crippen MR) is 91.4 cm³/mol. The molecule has 3 aromatic rings.